The van der Waals surface area contributed by atoms with E-state index in [2.05, 4.69) is 5.32 Å². The Labute approximate surface area is 123 Å². The van der Waals surface area contributed by atoms with Crippen molar-refractivity contribution in [3.05, 3.63) is 0 Å². The van der Waals surface area contributed by atoms with E-state index < -0.39 is 12.0 Å². The van der Waals surface area contributed by atoms with Crippen LogP contribution in [0.25, 0.3) is 0 Å². The molecule has 3 unspecified atom stereocenters. The second kappa shape index (κ2) is 6.40. The lowest BCUT2D eigenvalue weighted by Gasteiger charge is -2.38. The molecular formula is C13H21N3O5. The average molecular weight is 299 g/mol. The Balaban J connectivity index is 1.99. The van der Waals surface area contributed by atoms with Crippen molar-refractivity contribution in [1.82, 2.24) is 15.1 Å². The van der Waals surface area contributed by atoms with Gasteiger partial charge in [-0.25, -0.2) is 0 Å². The summed E-state index contributed by atoms with van der Waals surface area (Å²) in [7, 11) is 0. The van der Waals surface area contributed by atoms with Crippen molar-refractivity contribution in [3.8, 4) is 0 Å². The maximum atomic E-state index is 12.3. The lowest BCUT2D eigenvalue weighted by Crippen LogP contribution is -2.60. The number of hydrogen-bond acceptors (Lipinski definition) is 5. The van der Waals surface area contributed by atoms with Gasteiger partial charge < -0.3 is 20.1 Å². The molecule has 2 aliphatic heterocycles. The largest absolute Gasteiger partial charge is 0.480 e. The van der Waals surface area contributed by atoms with Gasteiger partial charge >= 0.3 is 5.97 Å². The van der Waals surface area contributed by atoms with Gasteiger partial charge in [0.1, 0.15) is 6.04 Å². The molecule has 2 N–H and O–H groups in total. The van der Waals surface area contributed by atoms with E-state index in [0.717, 1.165) is 0 Å². The molecule has 0 aromatic heterocycles. The average Bonchev–Trinajstić information content (AvgIpc) is 2.37. The predicted octanol–water partition coefficient (Wildman–Crippen LogP) is -1.49. The number of piperazine rings is 1. The second-order valence-electron chi connectivity index (χ2n) is 5.62. The molecule has 0 spiro atoms. The van der Waals surface area contributed by atoms with Gasteiger partial charge in [0.25, 0.3) is 0 Å². The third kappa shape index (κ3) is 3.92. The molecule has 0 aromatic carbocycles. The van der Waals surface area contributed by atoms with Gasteiger partial charge in [0.15, 0.2) is 0 Å². The summed E-state index contributed by atoms with van der Waals surface area (Å²) >= 11 is 0. The highest BCUT2D eigenvalue weighted by Gasteiger charge is 2.35. The van der Waals surface area contributed by atoms with Gasteiger partial charge in [0.05, 0.1) is 25.3 Å². The van der Waals surface area contributed by atoms with Gasteiger partial charge in [-0.05, 0) is 13.8 Å². The number of rotatable bonds is 3. The van der Waals surface area contributed by atoms with Crippen molar-refractivity contribution >= 4 is 17.8 Å². The second-order valence-corrected chi connectivity index (χ2v) is 5.62. The molecule has 0 aromatic rings. The third-order valence-electron chi connectivity index (χ3n) is 3.68. The Morgan fingerprint density at radius 2 is 1.95 bits per heavy atom. The van der Waals surface area contributed by atoms with Crippen molar-refractivity contribution < 1.29 is 24.2 Å². The number of nitrogens with one attached hydrogen (secondary N) is 1. The van der Waals surface area contributed by atoms with Gasteiger partial charge in [-0.1, -0.05) is 0 Å². The minimum atomic E-state index is -1.04. The van der Waals surface area contributed by atoms with E-state index in [4.69, 9.17) is 9.84 Å². The number of carbonyl (C=O) groups excluding carboxylic acids is 2. The van der Waals surface area contributed by atoms with Crippen LogP contribution in [0.2, 0.25) is 0 Å². The zero-order chi connectivity index (χ0) is 15.6. The molecule has 0 radical (unpaired) electrons. The number of hydrogen-bond donors (Lipinski definition) is 2. The Kier molecular flexibility index (Phi) is 4.79. The van der Waals surface area contributed by atoms with Crippen molar-refractivity contribution in [2.75, 3.05) is 32.7 Å². The molecule has 0 aliphatic carbocycles. The van der Waals surface area contributed by atoms with Crippen molar-refractivity contribution in [3.63, 3.8) is 0 Å². The fraction of sp³-hybridized carbons (Fsp3) is 0.769. The third-order valence-corrected chi connectivity index (χ3v) is 3.68. The SMILES string of the molecule is CC1CN(C(=O)CN2CC(=O)NCC2C(=O)O)CC(C)O1. The monoisotopic (exact) mass is 299 g/mol. The van der Waals surface area contributed by atoms with E-state index in [0.29, 0.717) is 13.1 Å². The summed E-state index contributed by atoms with van der Waals surface area (Å²) in [6.45, 7) is 4.65. The van der Waals surface area contributed by atoms with Gasteiger partial charge in [-0.3, -0.25) is 19.3 Å². The summed E-state index contributed by atoms with van der Waals surface area (Å²) in [6, 6.07) is -0.859. The molecule has 2 saturated heterocycles. The Morgan fingerprint density at radius 3 is 2.52 bits per heavy atom. The first-order valence-electron chi connectivity index (χ1n) is 7.03. The molecule has 2 aliphatic rings. The molecule has 3 atom stereocenters. The van der Waals surface area contributed by atoms with Crippen molar-refractivity contribution in [1.29, 1.82) is 0 Å². The van der Waals surface area contributed by atoms with Crippen LogP contribution in [-0.4, -0.2) is 83.7 Å². The van der Waals surface area contributed by atoms with Crippen LogP contribution in [0, 0.1) is 0 Å². The number of carboxylic acids is 1. The van der Waals surface area contributed by atoms with Gasteiger partial charge in [-0.2, -0.15) is 0 Å². The van der Waals surface area contributed by atoms with Crippen LogP contribution in [0.15, 0.2) is 0 Å². The Morgan fingerprint density at radius 1 is 1.33 bits per heavy atom. The number of carboxylic acid groups (broad SMARTS) is 1. The first-order chi connectivity index (χ1) is 9.86. The topological polar surface area (TPSA) is 99.2 Å². The first-order valence-corrected chi connectivity index (χ1v) is 7.03. The predicted molar refractivity (Wildman–Crippen MR) is 72.6 cm³/mol. The molecule has 2 heterocycles. The lowest BCUT2D eigenvalue weighted by atomic mass is 10.1. The van der Waals surface area contributed by atoms with Crippen LogP contribution in [0.5, 0.6) is 0 Å². The number of morpholine rings is 1. The zero-order valence-corrected chi connectivity index (χ0v) is 12.2. The Hall–Kier alpha value is -1.67. The summed E-state index contributed by atoms with van der Waals surface area (Å²) in [5.41, 5.74) is 0. The molecule has 118 valence electrons. The molecule has 2 fully saturated rings. The minimum Gasteiger partial charge on any atom is -0.480 e. The summed E-state index contributed by atoms with van der Waals surface area (Å²) in [5, 5.41) is 11.7. The summed E-state index contributed by atoms with van der Waals surface area (Å²) in [5.74, 6) is -1.46. The van der Waals surface area contributed by atoms with E-state index in [-0.39, 0.29) is 43.7 Å². The lowest BCUT2D eigenvalue weighted by molar-refractivity contribution is -0.151. The smallest absolute Gasteiger partial charge is 0.322 e. The summed E-state index contributed by atoms with van der Waals surface area (Å²) < 4.78 is 5.57. The number of carbonyl (C=O) groups is 3. The highest BCUT2D eigenvalue weighted by atomic mass is 16.5. The first kappa shape index (κ1) is 15.7. The Bertz CT molecular complexity index is 432. The number of ether oxygens (including phenoxy) is 1. The van der Waals surface area contributed by atoms with E-state index in [1.165, 1.54) is 4.90 Å². The maximum absolute atomic E-state index is 12.3. The van der Waals surface area contributed by atoms with Crippen LogP contribution in [0.3, 0.4) is 0 Å². The minimum absolute atomic E-state index is 0.0252. The van der Waals surface area contributed by atoms with Crippen LogP contribution in [0.4, 0.5) is 0 Å². The summed E-state index contributed by atoms with van der Waals surface area (Å²) in [6.07, 6.45) is -0.0877. The molecule has 0 saturated carbocycles. The van der Waals surface area contributed by atoms with Crippen molar-refractivity contribution in [2.45, 2.75) is 32.1 Å². The number of nitrogens with zero attached hydrogens (tertiary/aromatic N) is 2. The van der Waals surface area contributed by atoms with E-state index in [1.807, 2.05) is 13.8 Å². The van der Waals surface area contributed by atoms with Crippen molar-refractivity contribution in [2.24, 2.45) is 0 Å². The molecule has 21 heavy (non-hydrogen) atoms. The quantitative estimate of drug-likeness (QED) is 0.658. The van der Waals surface area contributed by atoms with Crippen LogP contribution in [-0.2, 0) is 19.1 Å². The molecule has 0 bridgehead atoms. The van der Waals surface area contributed by atoms with Crippen LogP contribution in [0.1, 0.15) is 13.8 Å². The maximum Gasteiger partial charge on any atom is 0.322 e. The van der Waals surface area contributed by atoms with E-state index in [9.17, 15) is 14.4 Å². The normalized spacial score (nSPS) is 30.9. The fourth-order valence-electron chi connectivity index (χ4n) is 2.76. The van der Waals surface area contributed by atoms with Gasteiger partial charge in [0, 0.05) is 19.6 Å². The highest BCUT2D eigenvalue weighted by Crippen LogP contribution is 2.12. The molecule has 8 nitrogen and oxygen atoms in total. The van der Waals surface area contributed by atoms with Gasteiger partial charge in [0.2, 0.25) is 11.8 Å². The molecular weight excluding hydrogens is 278 g/mol. The standard InChI is InChI=1S/C13H21N3O5/c1-8-4-16(5-9(2)21-8)12(18)7-15-6-11(17)14-3-10(15)13(19)20/h8-10H,3-7H2,1-2H3,(H,14,17)(H,19,20). The van der Waals surface area contributed by atoms with Gasteiger partial charge in [-0.15, -0.1) is 0 Å². The van der Waals surface area contributed by atoms with E-state index >= 15 is 0 Å². The van der Waals surface area contributed by atoms with Crippen LogP contribution >= 0.6 is 0 Å². The van der Waals surface area contributed by atoms with E-state index in [1.54, 1.807) is 4.90 Å². The zero-order valence-electron chi connectivity index (χ0n) is 12.2. The summed E-state index contributed by atoms with van der Waals surface area (Å²) in [4.78, 5) is 38.0. The molecule has 2 amide bonds. The van der Waals surface area contributed by atoms with Crippen LogP contribution < -0.4 is 5.32 Å². The molecule has 8 heteroatoms. The number of amides is 2. The number of aliphatic carboxylic acids is 1. The fourth-order valence-corrected chi connectivity index (χ4v) is 2.76. The molecule has 2 rings (SSSR count). The highest BCUT2D eigenvalue weighted by molar-refractivity contribution is 5.85.